The van der Waals surface area contributed by atoms with Crippen molar-refractivity contribution in [2.45, 2.75) is 12.1 Å². The molecule has 2 saturated heterocycles. The molecule has 4 rings (SSSR count). The van der Waals surface area contributed by atoms with Gasteiger partial charge in [0.2, 0.25) is 5.91 Å². The smallest absolute Gasteiger partial charge is 0.261 e. The van der Waals surface area contributed by atoms with E-state index in [9.17, 15) is 9.59 Å². The fraction of sp³-hybridized carbons (Fsp3) is 0.263. The number of fused-ring (bicyclic) bond motifs is 1. The monoisotopic (exact) mass is 372 g/mol. The van der Waals surface area contributed by atoms with Gasteiger partial charge in [0, 0.05) is 12.1 Å². The highest BCUT2D eigenvalue weighted by Crippen LogP contribution is 2.46. The van der Waals surface area contributed by atoms with Crippen molar-refractivity contribution in [3.63, 3.8) is 0 Å². The normalized spacial score (nSPS) is 25.0. The molecule has 2 amide bonds. The summed E-state index contributed by atoms with van der Waals surface area (Å²) in [5, 5.41) is 2.23. The standard InChI is InChI=1S/C19H17ClN2O4/c1-21-18(23)15-16(11-3-9-14(25-2)10-4-11)22(26-17(15)19(21)24)13-7-5-12(20)6-8-13/h3-10,15-17H,1-2H3. The van der Waals surface area contributed by atoms with Gasteiger partial charge in [-0.05, 0) is 42.0 Å². The van der Waals surface area contributed by atoms with Crippen LogP contribution < -0.4 is 9.80 Å². The van der Waals surface area contributed by atoms with Crippen LogP contribution in [0.5, 0.6) is 5.75 Å². The van der Waals surface area contributed by atoms with Crippen LogP contribution >= 0.6 is 11.6 Å². The summed E-state index contributed by atoms with van der Waals surface area (Å²) in [6.07, 6.45) is -0.824. The fourth-order valence-corrected chi connectivity index (χ4v) is 3.63. The molecule has 26 heavy (non-hydrogen) atoms. The lowest BCUT2D eigenvalue weighted by Gasteiger charge is -2.28. The molecular formula is C19H17ClN2O4. The minimum Gasteiger partial charge on any atom is -0.497 e. The number of methoxy groups -OCH3 is 1. The zero-order valence-electron chi connectivity index (χ0n) is 14.3. The van der Waals surface area contributed by atoms with Gasteiger partial charge >= 0.3 is 0 Å². The van der Waals surface area contributed by atoms with Crippen LogP contribution in [0.3, 0.4) is 0 Å². The van der Waals surface area contributed by atoms with E-state index >= 15 is 0 Å². The van der Waals surface area contributed by atoms with Crippen molar-refractivity contribution in [2.24, 2.45) is 5.92 Å². The fourth-order valence-electron chi connectivity index (χ4n) is 3.50. The van der Waals surface area contributed by atoms with Gasteiger partial charge in [-0.15, -0.1) is 0 Å². The van der Waals surface area contributed by atoms with Crippen LogP contribution in [0.15, 0.2) is 48.5 Å². The molecule has 0 spiro atoms. The highest BCUT2D eigenvalue weighted by atomic mass is 35.5. The largest absolute Gasteiger partial charge is 0.497 e. The average molecular weight is 373 g/mol. The number of amides is 2. The Morgan fingerprint density at radius 1 is 1.00 bits per heavy atom. The number of likely N-dealkylation sites (N-methyl/N-ethyl adjacent to an activating group) is 1. The van der Waals surface area contributed by atoms with Crippen LogP contribution in [0.4, 0.5) is 5.69 Å². The molecule has 0 aromatic heterocycles. The highest BCUT2D eigenvalue weighted by molar-refractivity contribution is 6.30. The Labute approximate surface area is 155 Å². The van der Waals surface area contributed by atoms with Crippen LogP contribution in [-0.2, 0) is 14.4 Å². The lowest BCUT2D eigenvalue weighted by molar-refractivity contribution is -0.141. The summed E-state index contributed by atoms with van der Waals surface area (Å²) in [6.45, 7) is 0. The highest BCUT2D eigenvalue weighted by Gasteiger charge is 2.58. The number of carbonyl (C=O) groups excluding carboxylic acids is 2. The van der Waals surface area contributed by atoms with Crippen molar-refractivity contribution in [3.8, 4) is 5.75 Å². The van der Waals surface area contributed by atoms with Crippen molar-refractivity contribution in [3.05, 3.63) is 59.1 Å². The number of likely N-dealkylation sites (tertiary alicyclic amines) is 1. The molecule has 2 fully saturated rings. The van der Waals surface area contributed by atoms with Crippen LogP contribution in [0.25, 0.3) is 0 Å². The second-order valence-corrected chi connectivity index (χ2v) is 6.74. The first-order chi connectivity index (χ1) is 12.5. The summed E-state index contributed by atoms with van der Waals surface area (Å²) in [6, 6.07) is 14.1. The van der Waals surface area contributed by atoms with E-state index in [0.29, 0.717) is 10.8 Å². The number of imide groups is 1. The number of hydrogen-bond acceptors (Lipinski definition) is 5. The topological polar surface area (TPSA) is 59.1 Å². The number of rotatable bonds is 3. The third-order valence-electron chi connectivity index (χ3n) is 4.87. The van der Waals surface area contributed by atoms with Gasteiger partial charge in [-0.3, -0.25) is 19.3 Å². The first-order valence-electron chi connectivity index (χ1n) is 8.18. The Morgan fingerprint density at radius 2 is 1.65 bits per heavy atom. The molecule has 0 saturated carbocycles. The predicted octanol–water partition coefficient (Wildman–Crippen LogP) is 2.82. The zero-order valence-corrected chi connectivity index (χ0v) is 15.0. The molecule has 134 valence electrons. The van der Waals surface area contributed by atoms with Crippen molar-refractivity contribution in [1.29, 1.82) is 0 Å². The Kier molecular flexibility index (Phi) is 4.09. The third-order valence-corrected chi connectivity index (χ3v) is 5.13. The SMILES string of the molecule is COc1ccc(C2C3C(=O)N(C)C(=O)C3ON2c2ccc(Cl)cc2)cc1. The van der Waals surface area contributed by atoms with Gasteiger partial charge in [-0.2, -0.15) is 0 Å². The summed E-state index contributed by atoms with van der Waals surface area (Å²) < 4.78 is 5.21. The predicted molar refractivity (Wildman–Crippen MR) is 95.8 cm³/mol. The number of nitrogens with zero attached hydrogens (tertiary/aromatic N) is 2. The van der Waals surface area contributed by atoms with E-state index in [-0.39, 0.29) is 11.8 Å². The molecule has 2 heterocycles. The van der Waals surface area contributed by atoms with Crippen molar-refractivity contribution in [2.75, 3.05) is 19.2 Å². The molecule has 2 aliphatic rings. The van der Waals surface area contributed by atoms with E-state index in [4.69, 9.17) is 21.2 Å². The maximum atomic E-state index is 12.7. The van der Waals surface area contributed by atoms with Crippen molar-refractivity contribution in [1.82, 2.24) is 4.90 Å². The molecule has 2 aromatic rings. The number of anilines is 1. The Hall–Kier alpha value is -2.57. The van der Waals surface area contributed by atoms with E-state index in [1.165, 1.54) is 7.05 Å². The minimum absolute atomic E-state index is 0.239. The second-order valence-electron chi connectivity index (χ2n) is 6.31. The summed E-state index contributed by atoms with van der Waals surface area (Å²) >= 11 is 5.98. The van der Waals surface area contributed by atoms with Crippen molar-refractivity contribution >= 4 is 29.1 Å². The van der Waals surface area contributed by atoms with Gasteiger partial charge in [-0.25, -0.2) is 5.06 Å². The first-order valence-corrected chi connectivity index (χ1v) is 8.56. The molecule has 2 aliphatic heterocycles. The molecule has 7 heteroatoms. The number of hydroxylamine groups is 1. The number of ether oxygens (including phenoxy) is 1. The van der Waals surface area contributed by atoms with Crippen LogP contribution in [-0.4, -0.2) is 37.0 Å². The molecule has 2 aromatic carbocycles. The molecule has 6 nitrogen and oxygen atoms in total. The lowest BCUT2D eigenvalue weighted by atomic mass is 9.90. The number of halogens is 1. The summed E-state index contributed by atoms with van der Waals surface area (Å²) in [5.74, 6) is -0.447. The minimum atomic E-state index is -0.824. The van der Waals surface area contributed by atoms with E-state index < -0.39 is 18.1 Å². The Morgan fingerprint density at radius 3 is 2.27 bits per heavy atom. The van der Waals surface area contributed by atoms with Gasteiger partial charge in [0.1, 0.15) is 11.7 Å². The van der Waals surface area contributed by atoms with Crippen LogP contribution in [0.2, 0.25) is 5.02 Å². The molecule has 0 aliphatic carbocycles. The Balaban J connectivity index is 1.78. The molecule has 0 N–H and O–H groups in total. The maximum absolute atomic E-state index is 12.7. The summed E-state index contributed by atoms with van der Waals surface area (Å²) in [7, 11) is 3.09. The van der Waals surface area contributed by atoms with Gasteiger partial charge in [0.15, 0.2) is 6.10 Å². The van der Waals surface area contributed by atoms with Gasteiger partial charge in [0.25, 0.3) is 5.91 Å². The lowest BCUT2D eigenvalue weighted by Crippen LogP contribution is -2.34. The number of hydrogen-bond donors (Lipinski definition) is 0. The van der Waals surface area contributed by atoms with Crippen LogP contribution in [0.1, 0.15) is 11.6 Å². The third kappa shape index (κ3) is 2.53. The van der Waals surface area contributed by atoms with Crippen LogP contribution in [0, 0.1) is 5.92 Å². The molecular weight excluding hydrogens is 356 g/mol. The average Bonchev–Trinajstić information content (AvgIpc) is 3.15. The van der Waals surface area contributed by atoms with E-state index in [0.717, 1.165) is 16.2 Å². The zero-order chi connectivity index (χ0) is 18.4. The number of carbonyl (C=O) groups is 2. The van der Waals surface area contributed by atoms with E-state index in [1.54, 1.807) is 36.4 Å². The number of benzene rings is 2. The van der Waals surface area contributed by atoms with Crippen molar-refractivity contribution < 1.29 is 19.2 Å². The Bertz CT molecular complexity index is 853. The molecule has 0 bridgehead atoms. The molecule has 3 atom stereocenters. The van der Waals surface area contributed by atoms with Gasteiger partial charge in [0.05, 0.1) is 18.8 Å². The summed E-state index contributed by atoms with van der Waals surface area (Å²) in [4.78, 5) is 32.2. The quantitative estimate of drug-likeness (QED) is 0.775. The van der Waals surface area contributed by atoms with Gasteiger partial charge in [-0.1, -0.05) is 23.7 Å². The van der Waals surface area contributed by atoms with Gasteiger partial charge < -0.3 is 4.74 Å². The summed E-state index contributed by atoms with van der Waals surface area (Å²) in [5.41, 5.74) is 1.59. The second kappa shape index (κ2) is 6.30. The molecule has 0 radical (unpaired) electrons. The van der Waals surface area contributed by atoms with E-state index in [2.05, 4.69) is 0 Å². The molecule has 3 unspecified atom stereocenters. The maximum Gasteiger partial charge on any atom is 0.261 e. The first kappa shape index (κ1) is 16.9. The van der Waals surface area contributed by atoms with E-state index in [1.807, 2.05) is 24.3 Å².